The van der Waals surface area contributed by atoms with E-state index in [1.54, 1.807) is 0 Å². The molecule has 0 spiro atoms. The van der Waals surface area contributed by atoms with Crippen LogP contribution >= 0.6 is 0 Å². The first-order valence-corrected chi connectivity index (χ1v) is 6.44. The number of morpholine rings is 1. The van der Waals surface area contributed by atoms with Gasteiger partial charge in [-0.25, -0.2) is 0 Å². The summed E-state index contributed by atoms with van der Waals surface area (Å²) in [6, 6.07) is 4.66. The van der Waals surface area contributed by atoms with Crippen LogP contribution in [0.1, 0.15) is 12.8 Å². The number of aromatic nitrogens is 1. The minimum Gasteiger partial charge on any atom is -0.374 e. The zero-order valence-electron chi connectivity index (χ0n) is 10.0. The van der Waals surface area contributed by atoms with Crippen LogP contribution in [0.25, 0.3) is 0 Å². The van der Waals surface area contributed by atoms with Crippen molar-refractivity contribution in [2.45, 2.75) is 25.0 Å². The molecule has 0 saturated carbocycles. The van der Waals surface area contributed by atoms with E-state index in [2.05, 4.69) is 21.3 Å². The summed E-state index contributed by atoms with van der Waals surface area (Å²) >= 11 is 0. The standard InChI is InChI=1S/C13H19N3O/c1-2-11(10-15-5-1)16-8-9-17-13-4-7-14-6-3-12(13)16/h1-2,5,10,12-14H,3-4,6-9H2/t12-,13+/m0/s1. The number of anilines is 1. The number of nitrogens with zero attached hydrogens (tertiary/aromatic N) is 2. The van der Waals surface area contributed by atoms with Gasteiger partial charge in [0.1, 0.15) is 0 Å². The largest absolute Gasteiger partial charge is 0.374 e. The number of nitrogens with one attached hydrogen (secondary N) is 1. The Labute approximate surface area is 102 Å². The van der Waals surface area contributed by atoms with Gasteiger partial charge in [0.2, 0.25) is 0 Å². The Morgan fingerprint density at radius 3 is 3.18 bits per heavy atom. The molecule has 2 aliphatic rings. The third-order valence-corrected chi connectivity index (χ3v) is 3.69. The SMILES string of the molecule is c1cncc(N2CCO[C@@H]3CCNCC[C@@H]32)c1. The van der Waals surface area contributed by atoms with Crippen LogP contribution in [0.3, 0.4) is 0 Å². The smallest absolute Gasteiger partial charge is 0.0791 e. The average molecular weight is 233 g/mol. The number of rotatable bonds is 1. The molecule has 92 valence electrons. The Hall–Kier alpha value is -1.13. The minimum atomic E-state index is 0.374. The van der Waals surface area contributed by atoms with Crippen molar-refractivity contribution >= 4 is 5.69 Å². The van der Waals surface area contributed by atoms with E-state index in [-0.39, 0.29) is 0 Å². The first kappa shape index (κ1) is 11.0. The van der Waals surface area contributed by atoms with Crippen LogP contribution in [0.15, 0.2) is 24.5 Å². The molecule has 1 aromatic rings. The highest BCUT2D eigenvalue weighted by Gasteiger charge is 2.33. The zero-order chi connectivity index (χ0) is 11.5. The lowest BCUT2D eigenvalue weighted by Gasteiger charge is -2.41. The molecular formula is C13H19N3O. The van der Waals surface area contributed by atoms with Crippen LogP contribution in [-0.4, -0.2) is 43.4 Å². The summed E-state index contributed by atoms with van der Waals surface area (Å²) in [7, 11) is 0. The molecule has 1 aromatic heterocycles. The Bertz CT molecular complexity index is 357. The summed E-state index contributed by atoms with van der Waals surface area (Å²) in [6.45, 7) is 3.96. The van der Waals surface area contributed by atoms with Gasteiger partial charge in [0, 0.05) is 12.7 Å². The maximum absolute atomic E-state index is 5.91. The topological polar surface area (TPSA) is 37.4 Å². The molecule has 0 bridgehead atoms. The van der Waals surface area contributed by atoms with Gasteiger partial charge < -0.3 is 15.0 Å². The van der Waals surface area contributed by atoms with Gasteiger partial charge in [-0.1, -0.05) is 0 Å². The Morgan fingerprint density at radius 2 is 2.29 bits per heavy atom. The molecule has 4 nitrogen and oxygen atoms in total. The molecule has 2 saturated heterocycles. The summed E-state index contributed by atoms with van der Waals surface area (Å²) in [5.74, 6) is 0. The molecule has 2 aliphatic heterocycles. The van der Waals surface area contributed by atoms with Gasteiger partial charge in [-0.2, -0.15) is 0 Å². The number of ether oxygens (including phenoxy) is 1. The van der Waals surface area contributed by atoms with E-state index in [1.807, 2.05) is 18.5 Å². The van der Waals surface area contributed by atoms with Gasteiger partial charge in [0.15, 0.2) is 0 Å². The highest BCUT2D eigenvalue weighted by molar-refractivity contribution is 5.45. The molecular weight excluding hydrogens is 214 g/mol. The van der Waals surface area contributed by atoms with Crippen molar-refractivity contribution in [3.8, 4) is 0 Å². The predicted molar refractivity (Wildman–Crippen MR) is 67.2 cm³/mol. The molecule has 1 N–H and O–H groups in total. The molecule has 3 rings (SSSR count). The van der Waals surface area contributed by atoms with E-state index in [0.717, 1.165) is 39.1 Å². The predicted octanol–water partition coefficient (Wildman–Crippen LogP) is 1.04. The van der Waals surface area contributed by atoms with Crippen molar-refractivity contribution in [1.82, 2.24) is 10.3 Å². The van der Waals surface area contributed by atoms with Crippen LogP contribution < -0.4 is 10.2 Å². The van der Waals surface area contributed by atoms with Crippen molar-refractivity contribution in [3.63, 3.8) is 0 Å². The first-order valence-electron chi connectivity index (χ1n) is 6.44. The van der Waals surface area contributed by atoms with E-state index in [1.165, 1.54) is 5.69 Å². The summed E-state index contributed by atoms with van der Waals surface area (Å²) in [5.41, 5.74) is 1.23. The molecule has 0 aromatic carbocycles. The highest BCUT2D eigenvalue weighted by atomic mass is 16.5. The summed E-state index contributed by atoms with van der Waals surface area (Å²) in [6.07, 6.45) is 6.43. The maximum Gasteiger partial charge on any atom is 0.0791 e. The second kappa shape index (κ2) is 5.02. The van der Waals surface area contributed by atoms with Gasteiger partial charge in [-0.3, -0.25) is 4.98 Å². The first-order chi connectivity index (χ1) is 8.45. The normalized spacial score (nSPS) is 29.5. The van der Waals surface area contributed by atoms with Crippen LogP contribution in [0.2, 0.25) is 0 Å². The molecule has 2 fully saturated rings. The quantitative estimate of drug-likeness (QED) is 0.786. The second-order valence-electron chi connectivity index (χ2n) is 4.71. The minimum absolute atomic E-state index is 0.374. The lowest BCUT2D eigenvalue weighted by molar-refractivity contribution is 0.00988. The van der Waals surface area contributed by atoms with Crippen LogP contribution in [0, 0.1) is 0 Å². The number of hydrogen-bond acceptors (Lipinski definition) is 4. The third kappa shape index (κ3) is 2.28. The number of pyridine rings is 1. The van der Waals surface area contributed by atoms with Gasteiger partial charge >= 0.3 is 0 Å². The fraction of sp³-hybridized carbons (Fsp3) is 0.615. The molecule has 3 heterocycles. The Kier molecular flexibility index (Phi) is 3.25. The van der Waals surface area contributed by atoms with Crippen molar-refractivity contribution < 1.29 is 4.74 Å². The molecule has 2 atom stereocenters. The van der Waals surface area contributed by atoms with Gasteiger partial charge in [0.05, 0.1) is 30.6 Å². The molecule has 4 heteroatoms. The lowest BCUT2D eigenvalue weighted by atomic mass is 10.0. The van der Waals surface area contributed by atoms with E-state index < -0.39 is 0 Å². The van der Waals surface area contributed by atoms with E-state index in [0.29, 0.717) is 12.1 Å². The van der Waals surface area contributed by atoms with Crippen molar-refractivity contribution in [2.24, 2.45) is 0 Å². The molecule has 0 amide bonds. The molecule has 0 radical (unpaired) electrons. The van der Waals surface area contributed by atoms with Gasteiger partial charge in [0.25, 0.3) is 0 Å². The van der Waals surface area contributed by atoms with E-state index >= 15 is 0 Å². The Morgan fingerprint density at radius 1 is 1.35 bits per heavy atom. The van der Waals surface area contributed by atoms with Crippen LogP contribution in [-0.2, 0) is 4.74 Å². The summed E-state index contributed by atoms with van der Waals surface area (Å²) < 4.78 is 5.91. The number of fused-ring (bicyclic) bond motifs is 1. The molecule has 0 aliphatic carbocycles. The van der Waals surface area contributed by atoms with Gasteiger partial charge in [-0.05, 0) is 38.1 Å². The maximum atomic E-state index is 5.91. The Balaban J connectivity index is 1.83. The summed E-state index contributed by atoms with van der Waals surface area (Å²) in [4.78, 5) is 6.69. The van der Waals surface area contributed by atoms with Crippen molar-refractivity contribution in [2.75, 3.05) is 31.1 Å². The fourth-order valence-corrected chi connectivity index (χ4v) is 2.86. The van der Waals surface area contributed by atoms with Crippen LogP contribution in [0.4, 0.5) is 5.69 Å². The van der Waals surface area contributed by atoms with E-state index in [4.69, 9.17) is 4.74 Å². The third-order valence-electron chi connectivity index (χ3n) is 3.69. The molecule has 0 unspecified atom stereocenters. The highest BCUT2D eigenvalue weighted by Crippen LogP contribution is 2.26. The van der Waals surface area contributed by atoms with Crippen molar-refractivity contribution in [3.05, 3.63) is 24.5 Å². The molecule has 17 heavy (non-hydrogen) atoms. The van der Waals surface area contributed by atoms with Crippen molar-refractivity contribution in [1.29, 1.82) is 0 Å². The fourth-order valence-electron chi connectivity index (χ4n) is 2.86. The van der Waals surface area contributed by atoms with E-state index in [9.17, 15) is 0 Å². The zero-order valence-corrected chi connectivity index (χ0v) is 10.0. The summed E-state index contributed by atoms with van der Waals surface area (Å²) in [5, 5.41) is 3.45. The number of hydrogen-bond donors (Lipinski definition) is 1. The lowest BCUT2D eigenvalue weighted by Crippen LogP contribution is -2.51. The monoisotopic (exact) mass is 233 g/mol. The average Bonchev–Trinajstić information content (AvgIpc) is 2.64. The van der Waals surface area contributed by atoms with Crippen LogP contribution in [0.5, 0.6) is 0 Å². The van der Waals surface area contributed by atoms with Gasteiger partial charge in [-0.15, -0.1) is 0 Å². The second-order valence-corrected chi connectivity index (χ2v) is 4.71.